The van der Waals surface area contributed by atoms with E-state index in [1.165, 1.54) is 42.1 Å². The molecule has 614 valence electrons. The van der Waals surface area contributed by atoms with E-state index in [1.54, 1.807) is 63.1 Å². The lowest BCUT2D eigenvalue weighted by atomic mass is 10.1. The second-order valence-corrected chi connectivity index (χ2v) is 28.5. The molecule has 34 nitrogen and oxygen atoms in total. The minimum absolute atomic E-state index is 0.226. The van der Waals surface area contributed by atoms with Crippen LogP contribution < -0.4 is 26.6 Å². The zero-order valence-electron chi connectivity index (χ0n) is 64.9. The van der Waals surface area contributed by atoms with Crippen LogP contribution in [0.2, 0.25) is 5.02 Å². The molecule has 0 saturated carbocycles. The summed E-state index contributed by atoms with van der Waals surface area (Å²) < 4.78 is 65.5. The average Bonchev–Trinajstić information content (AvgIpc) is 1.71. The Bertz CT molecular complexity index is 7140. The van der Waals surface area contributed by atoms with Crippen molar-refractivity contribution >= 4 is 136 Å². The summed E-state index contributed by atoms with van der Waals surface area (Å²) >= 11 is 7.40. The van der Waals surface area contributed by atoms with Gasteiger partial charge < -0.3 is 60.4 Å². The number of rotatable bonds is 15. The highest BCUT2D eigenvalue weighted by Gasteiger charge is 2.27. The number of hydrogen-bond donors (Lipinski definition) is 15. The third-order valence-corrected chi connectivity index (χ3v) is 20.3. The number of H-pyrrole nitrogens is 10. The van der Waals surface area contributed by atoms with Crippen molar-refractivity contribution < 1.29 is 50.5 Å². The second-order valence-electron chi connectivity index (χ2n) is 27.2. The maximum Gasteiger partial charge on any atom is 0.284 e. The van der Waals surface area contributed by atoms with Gasteiger partial charge in [0.25, 0.3) is 29.5 Å². The second kappa shape index (κ2) is 34.5. The van der Waals surface area contributed by atoms with Gasteiger partial charge in [-0.15, -0.1) is 11.3 Å². The van der Waals surface area contributed by atoms with Crippen LogP contribution in [-0.4, -0.2) is 141 Å². The number of benzene rings is 7. The molecule has 0 aliphatic heterocycles. The fraction of sp³-hybridized carbons (Fsp3) is 0.0723. The number of carbonyl (C=O) groups excluding carboxylic acids is 5. The first-order chi connectivity index (χ1) is 59.5. The number of anilines is 5. The third kappa shape index (κ3) is 17.0. The summed E-state index contributed by atoms with van der Waals surface area (Å²) in [7, 11) is 0. The molecule has 0 atom stereocenters. The van der Waals surface area contributed by atoms with Gasteiger partial charge in [0.05, 0.1) is 132 Å². The van der Waals surface area contributed by atoms with E-state index in [0.717, 1.165) is 90.6 Å². The number of fused-ring (bicyclic) bond motifs is 5. The van der Waals surface area contributed by atoms with E-state index in [-0.39, 0.29) is 29.1 Å². The molecule has 0 saturated heterocycles. The van der Waals surface area contributed by atoms with Crippen LogP contribution >= 0.6 is 22.9 Å². The first-order valence-corrected chi connectivity index (χ1v) is 38.3. The number of para-hydroxylation sites is 6. The molecule has 0 aliphatic rings. The Morgan fingerprint density at radius 2 is 0.797 bits per heavy atom. The lowest BCUT2D eigenvalue weighted by molar-refractivity contribution is 0.101. The Labute approximate surface area is 697 Å². The van der Waals surface area contributed by atoms with E-state index in [9.17, 15) is 41.5 Å². The number of furan rings is 1. The number of nitrogens with one attached hydrogen (secondary N) is 15. The quantitative estimate of drug-likeness (QED) is 0.0424. The number of halogens is 5. The summed E-state index contributed by atoms with van der Waals surface area (Å²) in [5, 5.41) is 53.8. The molecule has 20 aromatic rings. The van der Waals surface area contributed by atoms with Gasteiger partial charge in [-0.1, -0.05) is 71.4 Å². The molecule has 7 aromatic carbocycles. The van der Waals surface area contributed by atoms with Gasteiger partial charge in [-0.2, -0.15) is 25.5 Å². The number of nitrogens with zero attached hydrogens (tertiary/aromatic N) is 12. The Kier molecular flexibility index (Phi) is 22.5. The molecule has 13 aromatic heterocycles. The molecule has 40 heteroatoms. The molecular formula is C83H64ClF4N27O7S. The Morgan fingerprint density at radius 1 is 0.398 bits per heavy atom. The molecule has 0 spiro atoms. The van der Waals surface area contributed by atoms with Crippen LogP contribution in [0.3, 0.4) is 0 Å². The molecule has 0 radical (unpaired) electrons. The summed E-state index contributed by atoms with van der Waals surface area (Å²) in [5.41, 5.74) is 16.2. The molecule has 0 fully saturated rings. The lowest BCUT2D eigenvalue weighted by Gasteiger charge is -2.06. The standard InChI is InChI=1S/C19H15F2N5O.C18H12ClF2N5O.C16H14N6O2.C16H13N5O2.C14H10N6OS/c1-9-6-7-13-16(10(9)2)25-18(23-13)17-14(8-22-26-17)24-19(27)15-11(20)4-3-5-12(15)21;1-8-5-12-13(6-9(8)19)24-17(23-12)16-14(7-22-26-16)25-18(27)15-10(20)3-2-4-11(15)21;1-8-13(9(2)24-22-8)16(23)20-12-7-17-21-14(12)15-18-10-5-3-4-6-11(10)19-15;1-9-10(6-7-23-9)16(22)20-13-8-17-21-14(13)15-18-11-4-2-3-5-12(11)19-15;21-13(14-15-5-6-22-14)19-10-7-16-20-11(10)12-17-8-3-1-2-4-9(8)18-12/h3-8H,1-2H3,(H,22,26)(H,23,25)(H,24,27);2-7H,1H3,(H,22,26)(H,23,24)(H,25,27);3-7H,1-2H3,(H,17,21)(H,18,19)(H,20,23);2-8H,1H3,(H,17,21)(H,18,19)(H,20,22);1-7H,(H,16,20)(H,17,18)(H,19,21). The smallest absolute Gasteiger partial charge is 0.284 e. The van der Waals surface area contributed by atoms with Gasteiger partial charge in [0.15, 0.2) is 34.1 Å². The zero-order chi connectivity index (χ0) is 85.7. The summed E-state index contributed by atoms with van der Waals surface area (Å²) in [6, 6.07) is 38.7. The van der Waals surface area contributed by atoms with Crippen molar-refractivity contribution in [3.63, 3.8) is 0 Å². The van der Waals surface area contributed by atoms with Gasteiger partial charge >= 0.3 is 0 Å². The number of amides is 5. The van der Waals surface area contributed by atoms with Crippen LogP contribution in [0.15, 0.2) is 197 Å². The monoisotopic (exact) mass is 1690 g/mol. The molecule has 13 heterocycles. The molecule has 0 unspecified atom stereocenters. The van der Waals surface area contributed by atoms with Crippen LogP contribution in [0.25, 0.3) is 113 Å². The summed E-state index contributed by atoms with van der Waals surface area (Å²) in [6.07, 6.45) is 10.4. The van der Waals surface area contributed by atoms with E-state index < -0.39 is 46.2 Å². The van der Waals surface area contributed by atoms with Crippen LogP contribution in [0.4, 0.5) is 46.0 Å². The van der Waals surface area contributed by atoms with Crippen molar-refractivity contribution in [1.29, 1.82) is 0 Å². The van der Waals surface area contributed by atoms with E-state index >= 15 is 0 Å². The number of imidazole rings is 5. The van der Waals surface area contributed by atoms with Gasteiger partial charge in [0.1, 0.15) is 79.9 Å². The van der Waals surface area contributed by atoms with Gasteiger partial charge in [-0.3, -0.25) is 49.5 Å². The van der Waals surface area contributed by atoms with Gasteiger partial charge in [0, 0.05) is 16.6 Å². The summed E-state index contributed by atoms with van der Waals surface area (Å²) in [5.74, 6) is -2.71. The number of thiazole rings is 1. The van der Waals surface area contributed by atoms with Crippen molar-refractivity contribution in [2.75, 3.05) is 26.6 Å². The highest BCUT2D eigenvalue weighted by molar-refractivity contribution is 7.11. The predicted octanol–water partition coefficient (Wildman–Crippen LogP) is 17.1. The third-order valence-electron chi connectivity index (χ3n) is 19.1. The Balaban J connectivity index is 0.000000114. The largest absolute Gasteiger partial charge is 0.469 e. The van der Waals surface area contributed by atoms with E-state index in [4.69, 9.17) is 20.5 Å². The fourth-order valence-corrected chi connectivity index (χ4v) is 13.5. The molecule has 0 aliphatic carbocycles. The van der Waals surface area contributed by atoms with Crippen molar-refractivity contribution in [2.24, 2.45) is 0 Å². The van der Waals surface area contributed by atoms with Crippen LogP contribution in [0.1, 0.15) is 85.1 Å². The van der Waals surface area contributed by atoms with Crippen molar-refractivity contribution in [2.45, 2.75) is 41.5 Å². The van der Waals surface area contributed by atoms with Gasteiger partial charge in [-0.25, -0.2) is 47.5 Å². The minimum Gasteiger partial charge on any atom is -0.469 e. The topological polar surface area (TPSA) is 484 Å². The zero-order valence-corrected chi connectivity index (χ0v) is 66.5. The van der Waals surface area contributed by atoms with Crippen molar-refractivity contribution in [1.82, 2.24) is 111 Å². The maximum atomic E-state index is 13.8. The first kappa shape index (κ1) is 80.2. The number of carbonyl (C=O) groups is 5. The summed E-state index contributed by atoms with van der Waals surface area (Å²) in [6.45, 7) is 11.0. The Hall–Kier alpha value is -16.6. The lowest BCUT2D eigenvalue weighted by Crippen LogP contribution is -2.16. The van der Waals surface area contributed by atoms with Crippen LogP contribution in [0, 0.1) is 64.8 Å². The number of aryl methyl sites for hydroxylation is 6. The molecule has 20 rings (SSSR count). The van der Waals surface area contributed by atoms with Gasteiger partial charge in [0.2, 0.25) is 0 Å². The molecule has 123 heavy (non-hydrogen) atoms. The van der Waals surface area contributed by atoms with Gasteiger partial charge in [-0.05, 0) is 143 Å². The molecule has 0 bridgehead atoms. The number of hydrogen-bond acceptors (Lipinski definition) is 20. The van der Waals surface area contributed by atoms with E-state index in [2.05, 4.69) is 138 Å². The normalized spacial score (nSPS) is 11.0. The SMILES string of the molecule is Cc1cc2[nH]c(-c3[nH]ncc3NC(=O)c3c(F)cccc3F)nc2cc1Cl.Cc1ccc2[nH]c(-c3[nH]ncc3NC(=O)c3c(F)cccc3F)nc2c1C.Cc1noc(C)c1C(=O)Nc1cn[nH]c1-c1nc2ccccc2[nH]1.Cc1occc1C(=O)Nc1cn[nH]c1-c1nc2ccccc2[nH]1.O=C(Nc1cn[nH]c1-c1nc2ccccc2[nH]1)c1nccs1. The molecule has 5 amide bonds. The average molecular weight is 1700 g/mol. The maximum absolute atomic E-state index is 13.8. The number of aromatic amines is 10. The van der Waals surface area contributed by atoms with Crippen molar-refractivity contribution in [3.05, 3.63) is 278 Å². The number of aromatic nitrogens is 22. The first-order valence-electron chi connectivity index (χ1n) is 37.0. The fourth-order valence-electron chi connectivity index (χ4n) is 12.8. The summed E-state index contributed by atoms with van der Waals surface area (Å²) in [4.78, 5) is 104. The van der Waals surface area contributed by atoms with E-state index in [1.807, 2.05) is 112 Å². The molecular weight excluding hydrogens is 1630 g/mol. The Morgan fingerprint density at radius 3 is 1.20 bits per heavy atom. The van der Waals surface area contributed by atoms with E-state index in [0.29, 0.717) is 119 Å². The minimum atomic E-state index is -0.952. The van der Waals surface area contributed by atoms with Crippen molar-refractivity contribution in [3.8, 4) is 57.6 Å². The van der Waals surface area contributed by atoms with Crippen LogP contribution in [0.5, 0.6) is 0 Å². The predicted molar refractivity (Wildman–Crippen MR) is 452 cm³/mol. The molecule has 15 N–H and O–H groups in total. The highest BCUT2D eigenvalue weighted by atomic mass is 35.5. The van der Waals surface area contributed by atoms with Crippen LogP contribution in [-0.2, 0) is 0 Å². The highest BCUT2D eigenvalue weighted by Crippen LogP contribution is 2.34.